The molecule has 114 valence electrons. The highest BCUT2D eigenvalue weighted by Crippen LogP contribution is 2.29. The monoisotopic (exact) mass is 309 g/mol. The minimum atomic E-state index is -0.402. The normalized spacial score (nSPS) is 22.8. The molecular weight excluding hydrogens is 290 g/mol. The maximum atomic E-state index is 11.9. The summed E-state index contributed by atoms with van der Waals surface area (Å²) in [7, 11) is 0. The van der Waals surface area contributed by atoms with Crippen molar-refractivity contribution in [2.45, 2.75) is 38.4 Å². The fourth-order valence-electron chi connectivity index (χ4n) is 2.64. The van der Waals surface area contributed by atoms with E-state index in [2.05, 4.69) is 5.32 Å². The van der Waals surface area contributed by atoms with Gasteiger partial charge in [-0.05, 0) is 31.0 Å². The third-order valence-corrected chi connectivity index (χ3v) is 4.16. The van der Waals surface area contributed by atoms with Crippen LogP contribution >= 0.6 is 11.6 Å². The van der Waals surface area contributed by atoms with Crippen molar-refractivity contribution in [1.82, 2.24) is 10.2 Å². The maximum Gasteiger partial charge on any atom is 0.243 e. The fraction of sp³-hybridized carbons (Fsp3) is 0.467. The summed E-state index contributed by atoms with van der Waals surface area (Å²) in [4.78, 5) is 25.4. The fourth-order valence-corrected chi connectivity index (χ4v) is 2.77. The Hall–Kier alpha value is -1.43. The highest BCUT2D eigenvalue weighted by Gasteiger charge is 2.37. The van der Waals surface area contributed by atoms with E-state index in [1.807, 2.05) is 24.0 Å². The minimum Gasteiger partial charge on any atom is -0.326 e. The zero-order chi connectivity index (χ0) is 15.6. The predicted molar refractivity (Wildman–Crippen MR) is 81.8 cm³/mol. The molecule has 1 fully saturated rings. The van der Waals surface area contributed by atoms with Crippen molar-refractivity contribution < 1.29 is 9.59 Å². The standard InChI is InChI=1S/C15H20ClN3O2/c1-3-12(17)14(10-4-6-11(16)7-5-10)19-8-13(20)18-15(21)9(19)2/h4-7,9,12,14H,3,8,17H2,1-2H3,(H,18,20,21). The maximum absolute atomic E-state index is 11.9. The Bertz CT molecular complexity index is 532. The van der Waals surface area contributed by atoms with Crippen LogP contribution in [0.4, 0.5) is 0 Å². The number of amides is 2. The van der Waals surface area contributed by atoms with E-state index in [4.69, 9.17) is 17.3 Å². The molecule has 3 N–H and O–H groups in total. The number of nitrogens with zero attached hydrogens (tertiary/aromatic N) is 1. The minimum absolute atomic E-state index is 0.161. The Morgan fingerprint density at radius 2 is 2.00 bits per heavy atom. The van der Waals surface area contributed by atoms with E-state index >= 15 is 0 Å². The molecule has 3 atom stereocenters. The molecule has 1 aromatic carbocycles. The molecule has 2 rings (SSSR count). The molecule has 6 heteroatoms. The van der Waals surface area contributed by atoms with Gasteiger partial charge in [-0.3, -0.25) is 19.8 Å². The molecule has 0 radical (unpaired) electrons. The first-order valence-electron chi connectivity index (χ1n) is 7.04. The highest BCUT2D eigenvalue weighted by molar-refractivity contribution is 6.30. The lowest BCUT2D eigenvalue weighted by Crippen LogP contribution is -2.59. The Labute approximate surface area is 129 Å². The van der Waals surface area contributed by atoms with E-state index in [0.29, 0.717) is 5.02 Å². The quantitative estimate of drug-likeness (QED) is 0.826. The number of nitrogens with one attached hydrogen (secondary N) is 1. The van der Waals surface area contributed by atoms with Crippen LogP contribution in [0.1, 0.15) is 31.9 Å². The lowest BCUT2D eigenvalue weighted by molar-refractivity contribution is -0.141. The van der Waals surface area contributed by atoms with Crippen molar-refractivity contribution in [1.29, 1.82) is 0 Å². The largest absolute Gasteiger partial charge is 0.326 e. The van der Waals surface area contributed by atoms with Crippen LogP contribution in [0.2, 0.25) is 5.02 Å². The van der Waals surface area contributed by atoms with Crippen molar-refractivity contribution in [3.05, 3.63) is 34.9 Å². The molecule has 1 heterocycles. The van der Waals surface area contributed by atoms with E-state index in [1.54, 1.807) is 19.1 Å². The first kappa shape index (κ1) is 15.9. The Kier molecular flexibility index (Phi) is 4.98. The summed E-state index contributed by atoms with van der Waals surface area (Å²) >= 11 is 5.93. The SMILES string of the molecule is CCC(N)C(c1ccc(Cl)cc1)N1CC(=O)NC(=O)C1C. The number of halogens is 1. The number of rotatable bonds is 4. The van der Waals surface area contributed by atoms with Gasteiger partial charge in [0.05, 0.1) is 18.6 Å². The van der Waals surface area contributed by atoms with Crippen LogP contribution in [0.15, 0.2) is 24.3 Å². The average Bonchev–Trinajstić information content (AvgIpc) is 2.46. The van der Waals surface area contributed by atoms with Gasteiger partial charge in [0, 0.05) is 11.1 Å². The molecule has 0 bridgehead atoms. The second kappa shape index (κ2) is 6.56. The van der Waals surface area contributed by atoms with Gasteiger partial charge in [0.15, 0.2) is 0 Å². The smallest absolute Gasteiger partial charge is 0.243 e. The zero-order valence-corrected chi connectivity index (χ0v) is 12.9. The molecule has 0 aromatic heterocycles. The summed E-state index contributed by atoms with van der Waals surface area (Å²) in [6.45, 7) is 3.94. The summed E-state index contributed by atoms with van der Waals surface area (Å²) in [5.41, 5.74) is 7.21. The molecule has 1 aromatic rings. The van der Waals surface area contributed by atoms with Crippen LogP contribution in [0.25, 0.3) is 0 Å². The van der Waals surface area contributed by atoms with E-state index in [-0.39, 0.29) is 30.4 Å². The summed E-state index contributed by atoms with van der Waals surface area (Å²) < 4.78 is 0. The van der Waals surface area contributed by atoms with E-state index in [0.717, 1.165) is 12.0 Å². The van der Waals surface area contributed by atoms with Crippen molar-refractivity contribution in [3.8, 4) is 0 Å². The number of carbonyl (C=O) groups excluding carboxylic acids is 2. The number of piperazine rings is 1. The van der Waals surface area contributed by atoms with Crippen LogP contribution in [-0.2, 0) is 9.59 Å². The number of carbonyl (C=O) groups is 2. The van der Waals surface area contributed by atoms with Crippen molar-refractivity contribution in [3.63, 3.8) is 0 Å². The van der Waals surface area contributed by atoms with E-state index in [9.17, 15) is 9.59 Å². The number of nitrogens with two attached hydrogens (primary N) is 1. The van der Waals surface area contributed by atoms with Gasteiger partial charge >= 0.3 is 0 Å². The van der Waals surface area contributed by atoms with Gasteiger partial charge in [0.2, 0.25) is 11.8 Å². The average molecular weight is 310 g/mol. The second-order valence-electron chi connectivity index (χ2n) is 5.33. The molecule has 21 heavy (non-hydrogen) atoms. The molecule has 0 saturated carbocycles. The highest BCUT2D eigenvalue weighted by atomic mass is 35.5. The van der Waals surface area contributed by atoms with Gasteiger partial charge in [-0.15, -0.1) is 0 Å². The van der Waals surface area contributed by atoms with Crippen LogP contribution in [0.3, 0.4) is 0 Å². The first-order valence-corrected chi connectivity index (χ1v) is 7.42. The molecule has 3 unspecified atom stereocenters. The summed E-state index contributed by atoms with van der Waals surface area (Å²) in [6.07, 6.45) is 0.742. The molecule has 1 aliphatic rings. The molecule has 5 nitrogen and oxygen atoms in total. The number of imide groups is 1. The van der Waals surface area contributed by atoms with Crippen LogP contribution in [0, 0.1) is 0 Å². The topological polar surface area (TPSA) is 75.4 Å². The second-order valence-corrected chi connectivity index (χ2v) is 5.77. The molecule has 0 spiro atoms. The lowest BCUT2D eigenvalue weighted by Gasteiger charge is -2.40. The molecule has 1 aliphatic heterocycles. The third kappa shape index (κ3) is 3.43. The molecular formula is C15H20ClN3O2. The van der Waals surface area contributed by atoms with Crippen LogP contribution < -0.4 is 11.1 Å². The molecule has 0 aliphatic carbocycles. The van der Waals surface area contributed by atoms with Crippen LogP contribution in [0.5, 0.6) is 0 Å². The predicted octanol–water partition coefficient (Wildman–Crippen LogP) is 1.47. The van der Waals surface area contributed by atoms with Gasteiger partial charge in [-0.25, -0.2) is 0 Å². The zero-order valence-electron chi connectivity index (χ0n) is 12.2. The summed E-state index contributed by atoms with van der Waals surface area (Å²) in [6, 6.07) is 6.61. The van der Waals surface area contributed by atoms with Crippen molar-refractivity contribution >= 4 is 23.4 Å². The number of hydrogen-bond donors (Lipinski definition) is 2. The van der Waals surface area contributed by atoms with Crippen molar-refractivity contribution in [2.75, 3.05) is 6.54 Å². The molecule has 1 saturated heterocycles. The number of hydrogen-bond acceptors (Lipinski definition) is 4. The summed E-state index contributed by atoms with van der Waals surface area (Å²) in [5.74, 6) is -0.575. The van der Waals surface area contributed by atoms with Crippen LogP contribution in [-0.4, -0.2) is 35.3 Å². The Morgan fingerprint density at radius 3 is 2.57 bits per heavy atom. The van der Waals surface area contributed by atoms with E-state index < -0.39 is 6.04 Å². The summed E-state index contributed by atoms with van der Waals surface area (Å²) in [5, 5.41) is 2.99. The first-order chi connectivity index (χ1) is 9.93. The van der Waals surface area contributed by atoms with Gasteiger partial charge in [0.1, 0.15) is 0 Å². The van der Waals surface area contributed by atoms with Gasteiger partial charge in [0.25, 0.3) is 0 Å². The third-order valence-electron chi connectivity index (χ3n) is 3.91. The van der Waals surface area contributed by atoms with Crippen molar-refractivity contribution in [2.24, 2.45) is 5.73 Å². The Morgan fingerprint density at radius 1 is 1.38 bits per heavy atom. The Balaban J connectivity index is 2.37. The number of benzene rings is 1. The van der Waals surface area contributed by atoms with E-state index in [1.165, 1.54) is 0 Å². The van der Waals surface area contributed by atoms with Gasteiger partial charge < -0.3 is 5.73 Å². The molecule has 2 amide bonds. The van der Waals surface area contributed by atoms with Gasteiger partial charge in [-0.1, -0.05) is 30.7 Å². The lowest BCUT2D eigenvalue weighted by atomic mass is 9.94. The van der Waals surface area contributed by atoms with Gasteiger partial charge in [-0.2, -0.15) is 0 Å².